The van der Waals surface area contributed by atoms with E-state index in [0.717, 1.165) is 25.1 Å². The molecule has 1 N–H and O–H groups in total. The average molecular weight is 268 g/mol. The summed E-state index contributed by atoms with van der Waals surface area (Å²) in [6.07, 6.45) is 3.78. The summed E-state index contributed by atoms with van der Waals surface area (Å²) in [4.78, 5) is 0. The van der Waals surface area contributed by atoms with Crippen molar-refractivity contribution in [3.63, 3.8) is 0 Å². The molecule has 1 aromatic rings. The minimum absolute atomic E-state index is 0.310. The lowest BCUT2D eigenvalue weighted by Crippen LogP contribution is -2.19. The summed E-state index contributed by atoms with van der Waals surface area (Å²) >= 11 is 6.21. The van der Waals surface area contributed by atoms with Gasteiger partial charge in [-0.3, -0.25) is 0 Å². The van der Waals surface area contributed by atoms with E-state index in [0.29, 0.717) is 17.7 Å². The predicted molar refractivity (Wildman–Crippen MR) is 78.5 cm³/mol. The molecule has 0 heterocycles. The van der Waals surface area contributed by atoms with Gasteiger partial charge in [0, 0.05) is 6.04 Å². The molecule has 0 fully saturated rings. The maximum absolute atomic E-state index is 6.21. The summed E-state index contributed by atoms with van der Waals surface area (Å²) in [6.45, 7) is 9.58. The number of rotatable bonds is 8. The van der Waals surface area contributed by atoms with E-state index < -0.39 is 0 Å². The molecule has 3 heteroatoms. The van der Waals surface area contributed by atoms with Gasteiger partial charge in [-0.2, -0.15) is 0 Å². The van der Waals surface area contributed by atoms with E-state index in [1.54, 1.807) is 0 Å². The largest absolute Gasteiger partial charge is 0.492 e. The molecule has 0 radical (unpaired) electrons. The molecule has 1 rings (SSSR count). The smallest absolute Gasteiger partial charge is 0.137 e. The highest BCUT2D eigenvalue weighted by atomic mass is 35.5. The fourth-order valence-corrected chi connectivity index (χ4v) is 1.88. The minimum Gasteiger partial charge on any atom is -0.492 e. The summed E-state index contributed by atoms with van der Waals surface area (Å²) in [6, 6.07) is 6.27. The number of nitrogens with one attached hydrogen (secondary N) is 1. The Morgan fingerprint density at radius 3 is 2.89 bits per heavy atom. The van der Waals surface area contributed by atoms with Crippen molar-refractivity contribution in [2.45, 2.75) is 32.7 Å². The van der Waals surface area contributed by atoms with Crippen LogP contribution in [0.3, 0.4) is 0 Å². The van der Waals surface area contributed by atoms with Gasteiger partial charge in [-0.1, -0.05) is 30.7 Å². The third kappa shape index (κ3) is 4.71. The zero-order valence-corrected chi connectivity index (χ0v) is 12.0. The lowest BCUT2D eigenvalue weighted by Gasteiger charge is -2.15. The van der Waals surface area contributed by atoms with Crippen molar-refractivity contribution in [2.75, 3.05) is 13.2 Å². The second-order valence-corrected chi connectivity index (χ2v) is 4.70. The van der Waals surface area contributed by atoms with Crippen LogP contribution in [0.4, 0.5) is 0 Å². The van der Waals surface area contributed by atoms with E-state index in [-0.39, 0.29) is 0 Å². The molecule has 0 aliphatic heterocycles. The van der Waals surface area contributed by atoms with Gasteiger partial charge < -0.3 is 10.1 Å². The van der Waals surface area contributed by atoms with E-state index in [9.17, 15) is 0 Å². The Labute approximate surface area is 115 Å². The average Bonchev–Trinajstić information content (AvgIpc) is 2.38. The van der Waals surface area contributed by atoms with Crippen LogP contribution in [-0.4, -0.2) is 13.2 Å². The van der Waals surface area contributed by atoms with Crippen LogP contribution in [0.15, 0.2) is 30.9 Å². The van der Waals surface area contributed by atoms with Crippen molar-refractivity contribution >= 4 is 11.6 Å². The third-order valence-corrected chi connectivity index (χ3v) is 3.03. The maximum atomic E-state index is 6.21. The summed E-state index contributed by atoms with van der Waals surface area (Å²) in [5.74, 6) is 0.741. The van der Waals surface area contributed by atoms with Crippen molar-refractivity contribution in [2.24, 2.45) is 0 Å². The number of halogens is 1. The molecule has 0 aromatic heterocycles. The summed E-state index contributed by atoms with van der Waals surface area (Å²) in [5.41, 5.74) is 1.18. The zero-order chi connectivity index (χ0) is 13.4. The van der Waals surface area contributed by atoms with Gasteiger partial charge in [0.25, 0.3) is 0 Å². The quantitative estimate of drug-likeness (QED) is 0.558. The van der Waals surface area contributed by atoms with Crippen LogP contribution in [0.25, 0.3) is 0 Å². The van der Waals surface area contributed by atoms with Gasteiger partial charge in [0.2, 0.25) is 0 Å². The predicted octanol–water partition coefficient (Wildman–Crippen LogP) is 4.36. The molecule has 2 nitrogen and oxygen atoms in total. The summed E-state index contributed by atoms with van der Waals surface area (Å²) < 4.78 is 5.57. The first-order chi connectivity index (χ1) is 8.69. The van der Waals surface area contributed by atoms with Crippen LogP contribution < -0.4 is 10.1 Å². The molecule has 0 spiro atoms. The first-order valence-electron chi connectivity index (χ1n) is 6.45. The standard InChI is InChI=1S/C15H22ClNO/c1-4-6-10-18-15-8-7-13(11-14(15)16)12(3)17-9-5-2/h4,7-8,11-12,17H,1,5-6,9-10H2,2-3H3. The molecule has 100 valence electrons. The van der Waals surface area contributed by atoms with Crippen LogP contribution in [0.1, 0.15) is 38.3 Å². The molecule has 1 aromatic carbocycles. The number of ether oxygens (including phenoxy) is 1. The Morgan fingerprint density at radius 2 is 2.28 bits per heavy atom. The van der Waals surface area contributed by atoms with E-state index in [4.69, 9.17) is 16.3 Å². The molecule has 1 atom stereocenters. The number of hydrogen-bond acceptors (Lipinski definition) is 2. The monoisotopic (exact) mass is 267 g/mol. The highest BCUT2D eigenvalue weighted by Crippen LogP contribution is 2.28. The molecule has 0 aliphatic carbocycles. The van der Waals surface area contributed by atoms with Crippen LogP contribution in [0.2, 0.25) is 5.02 Å². The van der Waals surface area contributed by atoms with Crippen molar-refractivity contribution in [3.05, 3.63) is 41.4 Å². The van der Waals surface area contributed by atoms with Crippen molar-refractivity contribution < 1.29 is 4.74 Å². The van der Waals surface area contributed by atoms with Crippen LogP contribution in [-0.2, 0) is 0 Å². The fourth-order valence-electron chi connectivity index (χ4n) is 1.63. The van der Waals surface area contributed by atoms with Crippen LogP contribution >= 0.6 is 11.6 Å². The van der Waals surface area contributed by atoms with Gasteiger partial charge >= 0.3 is 0 Å². The first kappa shape index (κ1) is 15.1. The molecule has 0 saturated carbocycles. The summed E-state index contributed by atoms with van der Waals surface area (Å²) in [5, 5.41) is 4.10. The number of hydrogen-bond donors (Lipinski definition) is 1. The van der Waals surface area contributed by atoms with Crippen LogP contribution in [0.5, 0.6) is 5.75 Å². The van der Waals surface area contributed by atoms with Gasteiger partial charge in [-0.05, 0) is 44.0 Å². The van der Waals surface area contributed by atoms with E-state index >= 15 is 0 Å². The number of benzene rings is 1. The fraction of sp³-hybridized carbons (Fsp3) is 0.467. The highest BCUT2D eigenvalue weighted by Gasteiger charge is 2.08. The van der Waals surface area contributed by atoms with Gasteiger partial charge in [-0.25, -0.2) is 0 Å². The molecular weight excluding hydrogens is 246 g/mol. The van der Waals surface area contributed by atoms with Gasteiger partial charge in [0.1, 0.15) is 5.75 Å². The molecule has 0 bridgehead atoms. The van der Waals surface area contributed by atoms with Gasteiger partial charge in [0.05, 0.1) is 11.6 Å². The van der Waals surface area contributed by atoms with Crippen molar-refractivity contribution in [1.82, 2.24) is 5.32 Å². The summed E-state index contributed by atoms with van der Waals surface area (Å²) in [7, 11) is 0. The molecule has 0 aliphatic rings. The van der Waals surface area contributed by atoms with Gasteiger partial charge in [0.15, 0.2) is 0 Å². The Morgan fingerprint density at radius 1 is 1.50 bits per heavy atom. The second kappa shape index (κ2) is 8.17. The SMILES string of the molecule is C=CCCOc1ccc(C(C)NCCC)cc1Cl. The van der Waals surface area contributed by atoms with E-state index in [2.05, 4.69) is 31.8 Å². The molecule has 1 unspecified atom stereocenters. The Hall–Kier alpha value is -0.990. The van der Waals surface area contributed by atoms with Crippen molar-refractivity contribution in [1.29, 1.82) is 0 Å². The highest BCUT2D eigenvalue weighted by molar-refractivity contribution is 6.32. The Balaban J connectivity index is 2.63. The lowest BCUT2D eigenvalue weighted by molar-refractivity contribution is 0.325. The molecule has 0 saturated heterocycles. The lowest BCUT2D eigenvalue weighted by atomic mass is 10.1. The van der Waals surface area contributed by atoms with Gasteiger partial charge in [-0.15, -0.1) is 6.58 Å². The normalized spacial score (nSPS) is 12.2. The van der Waals surface area contributed by atoms with E-state index in [1.807, 2.05) is 18.2 Å². The zero-order valence-electron chi connectivity index (χ0n) is 11.2. The minimum atomic E-state index is 0.310. The third-order valence-electron chi connectivity index (χ3n) is 2.74. The second-order valence-electron chi connectivity index (χ2n) is 4.29. The molecule has 18 heavy (non-hydrogen) atoms. The van der Waals surface area contributed by atoms with Crippen LogP contribution in [0, 0.1) is 0 Å². The topological polar surface area (TPSA) is 21.3 Å². The maximum Gasteiger partial charge on any atom is 0.137 e. The molecule has 0 amide bonds. The van der Waals surface area contributed by atoms with Crippen molar-refractivity contribution in [3.8, 4) is 5.75 Å². The first-order valence-corrected chi connectivity index (χ1v) is 6.83. The Kier molecular flexibility index (Phi) is 6.84. The Bertz CT molecular complexity index is 379. The molecular formula is C15H22ClNO. The van der Waals surface area contributed by atoms with E-state index in [1.165, 1.54) is 5.56 Å².